The minimum atomic E-state index is -4.80. The Balaban J connectivity index is 1.91. The monoisotopic (exact) mass is 392 g/mol. The quantitative estimate of drug-likeness (QED) is 0.811. The van der Waals surface area contributed by atoms with Crippen LogP contribution in [0.1, 0.15) is 54.9 Å². The summed E-state index contributed by atoms with van der Waals surface area (Å²) in [5.74, 6) is -0.267. The normalized spacial score (nSPS) is 17.8. The van der Waals surface area contributed by atoms with Crippen molar-refractivity contribution < 1.29 is 23.1 Å². The number of aliphatic hydroxyl groups is 1. The standard InChI is InChI=1S/C21H23F3N2O2/c1-20(28,21(22,23)24)16-9-7-15(8-10-16)19(27)26(17-5-3-2-4-6-17)18-11-13-25-14-12-18/h7-14,17,28H,2-6H2,1H3. The zero-order valence-corrected chi connectivity index (χ0v) is 15.6. The molecule has 150 valence electrons. The molecule has 1 heterocycles. The van der Waals surface area contributed by atoms with E-state index in [1.54, 1.807) is 29.4 Å². The molecule has 1 unspecified atom stereocenters. The van der Waals surface area contributed by atoms with Gasteiger partial charge in [0.2, 0.25) is 0 Å². The van der Waals surface area contributed by atoms with Crippen LogP contribution in [0.4, 0.5) is 18.9 Å². The number of hydrogen-bond donors (Lipinski definition) is 1. The molecule has 1 aliphatic carbocycles. The fraction of sp³-hybridized carbons (Fsp3) is 0.429. The van der Waals surface area contributed by atoms with Crippen LogP contribution in [-0.4, -0.2) is 28.2 Å². The van der Waals surface area contributed by atoms with E-state index in [4.69, 9.17) is 0 Å². The van der Waals surface area contributed by atoms with Crippen molar-refractivity contribution in [2.75, 3.05) is 4.90 Å². The number of rotatable bonds is 4. The molecule has 1 aromatic heterocycles. The molecule has 0 aliphatic heterocycles. The van der Waals surface area contributed by atoms with Crippen LogP contribution in [0.25, 0.3) is 0 Å². The third-order valence-electron chi connectivity index (χ3n) is 5.35. The Morgan fingerprint density at radius 1 is 1.04 bits per heavy atom. The van der Waals surface area contributed by atoms with E-state index >= 15 is 0 Å². The number of anilines is 1. The fourth-order valence-corrected chi connectivity index (χ4v) is 3.58. The van der Waals surface area contributed by atoms with Crippen molar-refractivity contribution in [3.8, 4) is 0 Å². The van der Waals surface area contributed by atoms with Crippen molar-refractivity contribution >= 4 is 11.6 Å². The number of carbonyl (C=O) groups excluding carboxylic acids is 1. The van der Waals surface area contributed by atoms with E-state index in [2.05, 4.69) is 4.98 Å². The summed E-state index contributed by atoms with van der Waals surface area (Å²) in [5, 5.41) is 9.82. The first-order valence-electron chi connectivity index (χ1n) is 9.35. The largest absolute Gasteiger partial charge is 0.421 e. The summed E-state index contributed by atoms with van der Waals surface area (Å²) in [6.45, 7) is 0.704. The zero-order valence-electron chi connectivity index (χ0n) is 15.6. The molecule has 1 aromatic carbocycles. The number of hydrogen-bond acceptors (Lipinski definition) is 3. The maximum atomic E-state index is 13.2. The van der Waals surface area contributed by atoms with E-state index in [-0.39, 0.29) is 23.1 Å². The van der Waals surface area contributed by atoms with Crippen LogP contribution in [0.3, 0.4) is 0 Å². The Kier molecular flexibility index (Phi) is 5.74. The van der Waals surface area contributed by atoms with Gasteiger partial charge < -0.3 is 10.0 Å². The van der Waals surface area contributed by atoms with Gasteiger partial charge in [-0.15, -0.1) is 0 Å². The highest BCUT2D eigenvalue weighted by molar-refractivity contribution is 6.06. The van der Waals surface area contributed by atoms with Crippen LogP contribution in [0.15, 0.2) is 48.8 Å². The molecular formula is C21H23F3N2O2. The molecule has 1 fully saturated rings. The average Bonchev–Trinajstić information content (AvgIpc) is 2.69. The first-order valence-corrected chi connectivity index (χ1v) is 9.35. The molecule has 7 heteroatoms. The highest BCUT2D eigenvalue weighted by Gasteiger charge is 2.51. The van der Waals surface area contributed by atoms with Crippen molar-refractivity contribution in [3.05, 3.63) is 59.9 Å². The molecule has 3 rings (SSSR count). The Bertz CT molecular complexity index is 799. The van der Waals surface area contributed by atoms with Gasteiger partial charge in [-0.2, -0.15) is 13.2 Å². The molecule has 2 aromatic rings. The molecule has 1 aliphatic rings. The van der Waals surface area contributed by atoms with Crippen molar-refractivity contribution in [3.63, 3.8) is 0 Å². The summed E-state index contributed by atoms with van der Waals surface area (Å²) in [6.07, 6.45) is 3.40. The van der Waals surface area contributed by atoms with Crippen molar-refractivity contribution in [1.82, 2.24) is 4.98 Å². The van der Waals surface area contributed by atoms with E-state index in [1.807, 2.05) is 0 Å². The van der Waals surface area contributed by atoms with Crippen LogP contribution in [0.5, 0.6) is 0 Å². The van der Waals surface area contributed by atoms with Gasteiger partial charge in [0.25, 0.3) is 5.91 Å². The maximum Gasteiger partial charge on any atom is 0.421 e. The summed E-state index contributed by atoms with van der Waals surface area (Å²) in [7, 11) is 0. The number of nitrogens with zero attached hydrogens (tertiary/aromatic N) is 2. The number of benzene rings is 1. The topological polar surface area (TPSA) is 53.4 Å². The van der Waals surface area contributed by atoms with Crippen LogP contribution in [0.2, 0.25) is 0 Å². The molecule has 1 saturated carbocycles. The number of halogens is 3. The molecule has 0 bridgehead atoms. The summed E-state index contributed by atoms with van der Waals surface area (Å²) in [5.41, 5.74) is -2.27. The Morgan fingerprint density at radius 3 is 2.14 bits per heavy atom. The lowest BCUT2D eigenvalue weighted by molar-refractivity contribution is -0.258. The lowest BCUT2D eigenvalue weighted by Gasteiger charge is -2.34. The summed E-state index contributed by atoms with van der Waals surface area (Å²) in [6, 6.07) is 8.56. The predicted molar refractivity (Wildman–Crippen MR) is 100.0 cm³/mol. The molecule has 1 N–H and O–H groups in total. The molecule has 1 atom stereocenters. The van der Waals surface area contributed by atoms with E-state index in [0.717, 1.165) is 49.9 Å². The lowest BCUT2D eigenvalue weighted by Crippen LogP contribution is -2.42. The Hall–Kier alpha value is -2.41. The molecule has 0 radical (unpaired) electrons. The van der Waals surface area contributed by atoms with Crippen LogP contribution in [0, 0.1) is 0 Å². The second kappa shape index (κ2) is 7.91. The van der Waals surface area contributed by atoms with E-state index in [0.29, 0.717) is 6.92 Å². The van der Waals surface area contributed by atoms with Crippen LogP contribution < -0.4 is 4.90 Å². The van der Waals surface area contributed by atoms with Crippen LogP contribution >= 0.6 is 0 Å². The number of aromatic nitrogens is 1. The van der Waals surface area contributed by atoms with E-state index in [1.165, 1.54) is 12.1 Å². The van der Waals surface area contributed by atoms with E-state index < -0.39 is 11.8 Å². The van der Waals surface area contributed by atoms with Gasteiger partial charge in [-0.25, -0.2) is 0 Å². The van der Waals surface area contributed by atoms with Gasteiger partial charge in [-0.1, -0.05) is 31.4 Å². The van der Waals surface area contributed by atoms with Crippen molar-refractivity contribution in [2.24, 2.45) is 0 Å². The summed E-state index contributed by atoms with van der Waals surface area (Å²) in [4.78, 5) is 18.9. The summed E-state index contributed by atoms with van der Waals surface area (Å²) < 4.78 is 39.1. The number of pyridine rings is 1. The highest BCUT2D eigenvalue weighted by atomic mass is 19.4. The lowest BCUT2D eigenvalue weighted by atomic mass is 9.92. The molecule has 28 heavy (non-hydrogen) atoms. The molecule has 1 amide bonds. The minimum absolute atomic E-state index is 0.0432. The number of alkyl halides is 3. The van der Waals surface area contributed by atoms with Gasteiger partial charge in [-0.05, 0) is 49.6 Å². The first-order chi connectivity index (χ1) is 13.2. The van der Waals surface area contributed by atoms with Gasteiger partial charge in [0.15, 0.2) is 5.60 Å². The van der Waals surface area contributed by atoms with Crippen molar-refractivity contribution in [2.45, 2.75) is 56.8 Å². The molecule has 4 nitrogen and oxygen atoms in total. The second-order valence-electron chi connectivity index (χ2n) is 7.32. The third-order valence-corrected chi connectivity index (χ3v) is 5.35. The Morgan fingerprint density at radius 2 is 1.61 bits per heavy atom. The predicted octanol–water partition coefficient (Wildman–Crippen LogP) is 4.83. The highest BCUT2D eigenvalue weighted by Crippen LogP contribution is 2.38. The van der Waals surface area contributed by atoms with Gasteiger partial charge in [0.1, 0.15) is 0 Å². The third kappa shape index (κ3) is 4.04. The average molecular weight is 392 g/mol. The van der Waals surface area contributed by atoms with Gasteiger partial charge in [0.05, 0.1) is 0 Å². The maximum absolute atomic E-state index is 13.2. The van der Waals surface area contributed by atoms with E-state index in [9.17, 15) is 23.1 Å². The van der Waals surface area contributed by atoms with Gasteiger partial charge >= 0.3 is 6.18 Å². The molecular weight excluding hydrogens is 369 g/mol. The van der Waals surface area contributed by atoms with Gasteiger partial charge in [-0.3, -0.25) is 9.78 Å². The molecule has 0 spiro atoms. The first kappa shape index (κ1) is 20.3. The van der Waals surface area contributed by atoms with Crippen molar-refractivity contribution in [1.29, 1.82) is 0 Å². The number of carbonyl (C=O) groups is 1. The smallest absolute Gasteiger partial charge is 0.376 e. The minimum Gasteiger partial charge on any atom is -0.376 e. The van der Waals surface area contributed by atoms with Gasteiger partial charge in [0, 0.05) is 29.7 Å². The number of amides is 1. The zero-order chi connectivity index (χ0) is 20.4. The van der Waals surface area contributed by atoms with Crippen LogP contribution in [-0.2, 0) is 5.60 Å². The fourth-order valence-electron chi connectivity index (χ4n) is 3.58. The Labute approximate surface area is 162 Å². The SMILES string of the molecule is CC(O)(c1ccc(C(=O)N(c2ccncc2)C2CCCCC2)cc1)C(F)(F)F. The summed E-state index contributed by atoms with van der Waals surface area (Å²) >= 11 is 0. The second-order valence-corrected chi connectivity index (χ2v) is 7.32. The molecule has 0 saturated heterocycles.